The highest BCUT2D eigenvalue weighted by molar-refractivity contribution is 7.99. The lowest BCUT2D eigenvalue weighted by Crippen LogP contribution is -2.23. The van der Waals surface area contributed by atoms with Crippen LogP contribution in [0.25, 0.3) is 16.6 Å². The Morgan fingerprint density at radius 1 is 1.14 bits per heavy atom. The molecule has 0 aliphatic carbocycles. The van der Waals surface area contributed by atoms with Gasteiger partial charge in [-0.25, -0.2) is 4.98 Å². The number of likely N-dealkylation sites (N-methyl/N-ethyl adjacent to an activating group) is 1. The highest BCUT2D eigenvalue weighted by atomic mass is 32.2. The van der Waals surface area contributed by atoms with Gasteiger partial charge >= 0.3 is 5.97 Å². The summed E-state index contributed by atoms with van der Waals surface area (Å²) in [5.41, 5.74) is 1.05. The Morgan fingerprint density at radius 2 is 1.86 bits per heavy atom. The van der Waals surface area contributed by atoms with Crippen molar-refractivity contribution in [3.8, 4) is 11.4 Å². The minimum Gasteiger partial charge on any atom is -0.497 e. The molecule has 7 nitrogen and oxygen atoms in total. The standard InChI is InChI=1S/C21H23N3O4S/c1-23(2)12-13-28-19(25)14-29-21-22-18-7-5-4-6-17(18)20(26)24(21)15-8-10-16(27-3)11-9-15/h4-11H,12-14H2,1-3H3. The van der Waals surface area contributed by atoms with Crippen LogP contribution >= 0.6 is 11.8 Å². The van der Waals surface area contributed by atoms with E-state index in [9.17, 15) is 9.59 Å². The number of rotatable bonds is 8. The van der Waals surface area contributed by atoms with Gasteiger partial charge in [-0.2, -0.15) is 0 Å². The summed E-state index contributed by atoms with van der Waals surface area (Å²) in [6.07, 6.45) is 0. The second-order valence-corrected chi connectivity index (χ2v) is 7.51. The molecule has 29 heavy (non-hydrogen) atoms. The van der Waals surface area contributed by atoms with Crippen LogP contribution in [-0.2, 0) is 9.53 Å². The molecular weight excluding hydrogens is 390 g/mol. The lowest BCUT2D eigenvalue weighted by atomic mass is 10.2. The van der Waals surface area contributed by atoms with Crippen LogP contribution in [-0.4, -0.2) is 60.5 Å². The molecule has 8 heteroatoms. The van der Waals surface area contributed by atoms with Crippen molar-refractivity contribution in [3.63, 3.8) is 0 Å². The van der Waals surface area contributed by atoms with Crippen molar-refractivity contribution in [1.82, 2.24) is 14.5 Å². The van der Waals surface area contributed by atoms with Crippen LogP contribution in [0.3, 0.4) is 0 Å². The topological polar surface area (TPSA) is 73.7 Å². The second kappa shape index (κ2) is 9.58. The molecule has 0 unspecified atom stereocenters. The molecule has 0 aliphatic heterocycles. The summed E-state index contributed by atoms with van der Waals surface area (Å²) < 4.78 is 11.9. The number of carbonyl (C=O) groups is 1. The molecule has 0 aliphatic rings. The summed E-state index contributed by atoms with van der Waals surface area (Å²) in [4.78, 5) is 31.8. The van der Waals surface area contributed by atoms with Crippen LogP contribution < -0.4 is 10.3 Å². The van der Waals surface area contributed by atoms with E-state index in [1.165, 1.54) is 16.3 Å². The maximum absolute atomic E-state index is 13.2. The van der Waals surface area contributed by atoms with Gasteiger partial charge in [0.2, 0.25) is 0 Å². The molecule has 0 bridgehead atoms. The first-order valence-corrected chi connectivity index (χ1v) is 10.1. The Bertz CT molecular complexity index is 1050. The summed E-state index contributed by atoms with van der Waals surface area (Å²) >= 11 is 1.18. The average molecular weight is 413 g/mol. The number of methoxy groups -OCH3 is 1. The quantitative estimate of drug-likeness (QED) is 0.319. The molecule has 0 N–H and O–H groups in total. The lowest BCUT2D eigenvalue weighted by molar-refractivity contribution is -0.140. The highest BCUT2D eigenvalue weighted by Crippen LogP contribution is 2.23. The number of thioether (sulfide) groups is 1. The number of para-hydroxylation sites is 1. The number of carbonyl (C=O) groups excluding carboxylic acids is 1. The first-order chi connectivity index (χ1) is 14.0. The molecule has 0 spiro atoms. The van der Waals surface area contributed by atoms with E-state index >= 15 is 0 Å². The molecule has 0 fully saturated rings. The van der Waals surface area contributed by atoms with Crippen molar-refractivity contribution in [2.45, 2.75) is 5.16 Å². The Labute approximate surface area is 173 Å². The molecule has 152 valence electrons. The SMILES string of the molecule is COc1ccc(-n2c(SCC(=O)OCCN(C)C)nc3ccccc3c2=O)cc1. The fourth-order valence-electron chi connectivity index (χ4n) is 2.68. The minimum atomic E-state index is -0.347. The van der Waals surface area contributed by atoms with Crippen LogP contribution in [0.15, 0.2) is 58.5 Å². The molecule has 0 amide bonds. The normalized spacial score (nSPS) is 11.0. The fourth-order valence-corrected chi connectivity index (χ4v) is 3.49. The fraction of sp³-hybridized carbons (Fsp3) is 0.286. The first-order valence-electron chi connectivity index (χ1n) is 9.09. The van der Waals surface area contributed by atoms with Gasteiger partial charge < -0.3 is 14.4 Å². The number of ether oxygens (including phenoxy) is 2. The Kier molecular flexibility index (Phi) is 6.90. The third-order valence-corrected chi connectivity index (χ3v) is 5.11. The van der Waals surface area contributed by atoms with E-state index in [1.807, 2.05) is 25.1 Å². The molecule has 3 rings (SSSR count). The van der Waals surface area contributed by atoms with Gasteiger partial charge in [0.1, 0.15) is 12.4 Å². The molecule has 0 atom stereocenters. The van der Waals surface area contributed by atoms with E-state index in [4.69, 9.17) is 9.47 Å². The summed E-state index contributed by atoms with van der Waals surface area (Å²) in [5, 5.41) is 0.949. The van der Waals surface area contributed by atoms with Crippen LogP contribution in [0.1, 0.15) is 0 Å². The van der Waals surface area contributed by atoms with Gasteiger partial charge in [0, 0.05) is 6.54 Å². The van der Waals surface area contributed by atoms with Crippen LogP contribution in [0.4, 0.5) is 0 Å². The number of aromatic nitrogens is 2. The third kappa shape index (κ3) is 5.16. The molecule has 0 saturated carbocycles. The number of benzene rings is 2. The molecule has 3 aromatic rings. The summed E-state index contributed by atoms with van der Waals surface area (Å²) in [5.74, 6) is 0.406. The summed E-state index contributed by atoms with van der Waals surface area (Å²) in [6, 6.07) is 14.3. The summed E-state index contributed by atoms with van der Waals surface area (Å²) in [6.45, 7) is 0.976. The number of hydrogen-bond acceptors (Lipinski definition) is 7. The second-order valence-electron chi connectivity index (χ2n) is 6.56. The van der Waals surface area contributed by atoms with Gasteiger partial charge in [0.25, 0.3) is 5.56 Å². The van der Waals surface area contributed by atoms with Crippen molar-refractivity contribution >= 4 is 28.6 Å². The number of nitrogens with zero attached hydrogens (tertiary/aromatic N) is 3. The largest absolute Gasteiger partial charge is 0.497 e. The Hall–Kier alpha value is -2.84. The van der Waals surface area contributed by atoms with E-state index in [-0.39, 0.29) is 17.3 Å². The molecule has 1 aromatic heterocycles. The van der Waals surface area contributed by atoms with Crippen molar-refractivity contribution in [1.29, 1.82) is 0 Å². The van der Waals surface area contributed by atoms with E-state index in [0.717, 1.165) is 0 Å². The smallest absolute Gasteiger partial charge is 0.316 e. The Morgan fingerprint density at radius 3 is 2.55 bits per heavy atom. The van der Waals surface area contributed by atoms with Gasteiger partial charge in [-0.3, -0.25) is 14.2 Å². The van der Waals surface area contributed by atoms with Gasteiger partial charge in [-0.05, 0) is 50.5 Å². The Balaban J connectivity index is 1.92. The van der Waals surface area contributed by atoms with Crippen LogP contribution in [0, 0.1) is 0 Å². The van der Waals surface area contributed by atoms with Crippen LogP contribution in [0.2, 0.25) is 0 Å². The monoisotopic (exact) mass is 413 g/mol. The van der Waals surface area contributed by atoms with Gasteiger partial charge in [-0.15, -0.1) is 0 Å². The zero-order valence-corrected chi connectivity index (χ0v) is 17.4. The predicted octanol–water partition coefficient (Wildman–Crippen LogP) is 2.59. The van der Waals surface area contributed by atoms with Crippen molar-refractivity contribution < 1.29 is 14.3 Å². The number of esters is 1. The van der Waals surface area contributed by atoms with Crippen molar-refractivity contribution in [3.05, 3.63) is 58.9 Å². The average Bonchev–Trinajstić information content (AvgIpc) is 2.72. The van der Waals surface area contributed by atoms with E-state index in [2.05, 4.69) is 4.98 Å². The third-order valence-electron chi connectivity index (χ3n) is 4.20. The maximum atomic E-state index is 13.2. The molecule has 1 heterocycles. The van der Waals surface area contributed by atoms with Gasteiger partial charge in [-0.1, -0.05) is 23.9 Å². The predicted molar refractivity (Wildman–Crippen MR) is 114 cm³/mol. The van der Waals surface area contributed by atoms with Crippen LogP contribution in [0.5, 0.6) is 5.75 Å². The van der Waals surface area contributed by atoms with E-state index < -0.39 is 0 Å². The molecule has 0 radical (unpaired) electrons. The maximum Gasteiger partial charge on any atom is 0.316 e. The molecular formula is C21H23N3O4S. The highest BCUT2D eigenvalue weighted by Gasteiger charge is 2.15. The summed E-state index contributed by atoms with van der Waals surface area (Å²) in [7, 11) is 5.41. The number of fused-ring (bicyclic) bond motifs is 1. The van der Waals surface area contributed by atoms with E-state index in [1.54, 1.807) is 49.6 Å². The van der Waals surface area contributed by atoms with Crippen molar-refractivity contribution in [2.24, 2.45) is 0 Å². The number of hydrogen-bond donors (Lipinski definition) is 0. The molecule has 2 aromatic carbocycles. The van der Waals surface area contributed by atoms with Crippen molar-refractivity contribution in [2.75, 3.05) is 40.1 Å². The molecule has 0 saturated heterocycles. The van der Waals surface area contributed by atoms with Gasteiger partial charge in [0.15, 0.2) is 5.16 Å². The van der Waals surface area contributed by atoms with E-state index in [0.29, 0.717) is 40.6 Å². The minimum absolute atomic E-state index is 0.0639. The van der Waals surface area contributed by atoms with Gasteiger partial charge in [0.05, 0.1) is 29.5 Å². The zero-order chi connectivity index (χ0) is 20.8. The lowest BCUT2D eigenvalue weighted by Gasteiger charge is -2.14. The zero-order valence-electron chi connectivity index (χ0n) is 16.6. The first kappa shape index (κ1) is 20.9.